The van der Waals surface area contributed by atoms with Crippen LogP contribution in [-0.2, 0) is 11.3 Å². The first-order chi connectivity index (χ1) is 10.7. The molecule has 0 aromatic heterocycles. The van der Waals surface area contributed by atoms with Gasteiger partial charge >= 0.3 is 6.18 Å². The summed E-state index contributed by atoms with van der Waals surface area (Å²) in [6.45, 7) is 3.09. The summed E-state index contributed by atoms with van der Waals surface area (Å²) in [5, 5.41) is 0. The fourth-order valence-electron chi connectivity index (χ4n) is 2.03. The van der Waals surface area contributed by atoms with Gasteiger partial charge in [-0.25, -0.2) is 0 Å². The van der Waals surface area contributed by atoms with Crippen LogP contribution < -0.4 is 4.74 Å². The van der Waals surface area contributed by atoms with Crippen LogP contribution in [0.2, 0.25) is 0 Å². The Hall–Kier alpha value is -2.02. The predicted molar refractivity (Wildman–Crippen MR) is 82.2 cm³/mol. The van der Waals surface area contributed by atoms with Crippen LogP contribution in [0.1, 0.15) is 5.56 Å². The molecule has 1 rings (SSSR count). The molecule has 0 saturated heterocycles. The third-order valence-corrected chi connectivity index (χ3v) is 3.15. The Morgan fingerprint density at radius 3 is 2.39 bits per heavy atom. The quantitative estimate of drug-likeness (QED) is 0.687. The Labute approximate surface area is 134 Å². The maximum Gasteiger partial charge on any atom is 0.406 e. The fraction of sp³-hybridized carbons (Fsp3) is 0.438. The zero-order chi connectivity index (χ0) is 17.5. The van der Waals surface area contributed by atoms with Gasteiger partial charge in [0.15, 0.2) is 0 Å². The van der Waals surface area contributed by atoms with E-state index >= 15 is 0 Å². The van der Waals surface area contributed by atoms with Gasteiger partial charge in [-0.3, -0.25) is 9.69 Å². The number of hydrogen-bond donors (Lipinski definition) is 0. The van der Waals surface area contributed by atoms with Crippen molar-refractivity contribution in [3.8, 4) is 5.75 Å². The number of carbonyl (C=O) groups is 1. The summed E-state index contributed by atoms with van der Waals surface area (Å²) < 4.78 is 42.1. The highest BCUT2D eigenvalue weighted by molar-refractivity contribution is 5.78. The molecule has 23 heavy (non-hydrogen) atoms. The molecule has 0 aliphatic heterocycles. The lowest BCUT2D eigenvalue weighted by molar-refractivity contribution is -0.159. The van der Waals surface area contributed by atoms with Gasteiger partial charge in [0, 0.05) is 20.1 Å². The van der Waals surface area contributed by atoms with Gasteiger partial charge in [0.1, 0.15) is 12.3 Å². The van der Waals surface area contributed by atoms with E-state index in [4.69, 9.17) is 4.74 Å². The monoisotopic (exact) mass is 330 g/mol. The van der Waals surface area contributed by atoms with Gasteiger partial charge in [0.05, 0.1) is 13.7 Å². The van der Waals surface area contributed by atoms with Crippen molar-refractivity contribution in [1.29, 1.82) is 0 Å². The number of rotatable bonds is 8. The second-order valence-electron chi connectivity index (χ2n) is 5.17. The Bertz CT molecular complexity index is 515. The topological polar surface area (TPSA) is 32.8 Å². The molecule has 0 unspecified atom stereocenters. The second-order valence-corrected chi connectivity index (χ2v) is 5.17. The number of methoxy groups -OCH3 is 1. The van der Waals surface area contributed by atoms with E-state index in [0.717, 1.165) is 12.6 Å². The molecule has 7 heteroatoms. The molecule has 0 bridgehead atoms. The highest BCUT2D eigenvalue weighted by Crippen LogP contribution is 2.16. The SMILES string of the molecule is C=CCN(CC(=O)N(C)CC(F)(F)F)Cc1ccc(OC)cc1. The van der Waals surface area contributed by atoms with E-state index in [-0.39, 0.29) is 6.54 Å². The summed E-state index contributed by atoms with van der Waals surface area (Å²) in [6.07, 6.45) is -2.79. The highest BCUT2D eigenvalue weighted by Gasteiger charge is 2.31. The number of alkyl halides is 3. The van der Waals surface area contributed by atoms with Crippen LogP contribution in [0.25, 0.3) is 0 Å². The van der Waals surface area contributed by atoms with Gasteiger partial charge in [0.25, 0.3) is 0 Å². The van der Waals surface area contributed by atoms with Crippen molar-refractivity contribution >= 4 is 5.91 Å². The van der Waals surface area contributed by atoms with E-state index in [0.29, 0.717) is 23.7 Å². The first-order valence-electron chi connectivity index (χ1n) is 7.02. The minimum absolute atomic E-state index is 0.107. The van der Waals surface area contributed by atoms with E-state index in [2.05, 4.69) is 6.58 Å². The van der Waals surface area contributed by atoms with Gasteiger partial charge < -0.3 is 9.64 Å². The fourth-order valence-corrected chi connectivity index (χ4v) is 2.03. The maximum atomic E-state index is 12.3. The van der Waals surface area contributed by atoms with Crippen molar-refractivity contribution in [3.63, 3.8) is 0 Å². The number of ether oxygens (including phenoxy) is 1. The number of hydrogen-bond acceptors (Lipinski definition) is 3. The van der Waals surface area contributed by atoms with Crippen molar-refractivity contribution in [3.05, 3.63) is 42.5 Å². The van der Waals surface area contributed by atoms with E-state index in [1.54, 1.807) is 30.2 Å². The van der Waals surface area contributed by atoms with E-state index in [1.807, 2.05) is 12.1 Å². The Balaban J connectivity index is 2.66. The molecule has 0 aliphatic rings. The molecular weight excluding hydrogens is 309 g/mol. The smallest absolute Gasteiger partial charge is 0.406 e. The molecule has 128 valence electrons. The molecule has 1 aromatic carbocycles. The zero-order valence-corrected chi connectivity index (χ0v) is 13.3. The molecule has 1 aromatic rings. The van der Waals surface area contributed by atoms with Gasteiger partial charge in [0.2, 0.25) is 5.91 Å². The summed E-state index contributed by atoms with van der Waals surface area (Å²) >= 11 is 0. The van der Waals surface area contributed by atoms with Crippen LogP contribution in [-0.4, -0.2) is 55.7 Å². The summed E-state index contributed by atoms with van der Waals surface area (Å²) in [5.41, 5.74) is 0.930. The van der Waals surface area contributed by atoms with Crippen LogP contribution >= 0.6 is 0 Å². The lowest BCUT2D eigenvalue weighted by atomic mass is 10.2. The number of nitrogens with zero attached hydrogens (tertiary/aromatic N) is 2. The zero-order valence-electron chi connectivity index (χ0n) is 13.3. The highest BCUT2D eigenvalue weighted by atomic mass is 19.4. The Morgan fingerprint density at radius 2 is 1.91 bits per heavy atom. The average molecular weight is 330 g/mol. The van der Waals surface area contributed by atoms with Crippen LogP contribution in [0.3, 0.4) is 0 Å². The normalized spacial score (nSPS) is 11.4. The largest absolute Gasteiger partial charge is 0.497 e. The van der Waals surface area contributed by atoms with Crippen molar-refractivity contribution in [2.24, 2.45) is 0 Å². The minimum Gasteiger partial charge on any atom is -0.497 e. The standard InChI is InChI=1S/C16H21F3N2O2/c1-4-9-21(10-13-5-7-14(23-3)8-6-13)11-15(22)20(2)12-16(17,18)19/h4-8H,1,9-12H2,2-3H3. The molecule has 0 saturated carbocycles. The van der Waals surface area contributed by atoms with Crippen LogP contribution in [0.15, 0.2) is 36.9 Å². The maximum absolute atomic E-state index is 12.3. The van der Waals surface area contributed by atoms with Crippen LogP contribution in [0.5, 0.6) is 5.75 Å². The molecule has 0 N–H and O–H groups in total. The molecule has 0 spiro atoms. The number of amides is 1. The van der Waals surface area contributed by atoms with Crippen molar-refractivity contribution in [2.75, 3.05) is 33.8 Å². The third kappa shape index (κ3) is 7.19. The summed E-state index contributed by atoms with van der Waals surface area (Å²) in [7, 11) is 2.71. The summed E-state index contributed by atoms with van der Waals surface area (Å²) in [4.78, 5) is 14.3. The molecule has 0 fully saturated rings. The van der Waals surface area contributed by atoms with Crippen molar-refractivity contribution < 1.29 is 22.7 Å². The van der Waals surface area contributed by atoms with E-state index < -0.39 is 18.6 Å². The van der Waals surface area contributed by atoms with Crippen LogP contribution in [0.4, 0.5) is 13.2 Å². The first kappa shape index (κ1) is 19.0. The third-order valence-electron chi connectivity index (χ3n) is 3.15. The lowest BCUT2D eigenvalue weighted by Crippen LogP contribution is -2.42. The average Bonchev–Trinajstić information content (AvgIpc) is 2.46. The number of halogens is 3. The van der Waals surface area contributed by atoms with Gasteiger partial charge in [-0.1, -0.05) is 18.2 Å². The first-order valence-corrected chi connectivity index (χ1v) is 7.02. The van der Waals surface area contributed by atoms with Gasteiger partial charge in [-0.15, -0.1) is 6.58 Å². The van der Waals surface area contributed by atoms with Gasteiger partial charge in [-0.2, -0.15) is 13.2 Å². The Kier molecular flexibility index (Phi) is 7.09. The predicted octanol–water partition coefficient (Wildman–Crippen LogP) is 2.70. The lowest BCUT2D eigenvalue weighted by Gasteiger charge is -2.25. The number of likely N-dealkylation sites (N-methyl/N-ethyl adjacent to an activating group) is 1. The molecule has 0 radical (unpaired) electrons. The van der Waals surface area contributed by atoms with Crippen LogP contribution in [0, 0.1) is 0 Å². The Morgan fingerprint density at radius 1 is 1.30 bits per heavy atom. The summed E-state index contributed by atoms with van der Waals surface area (Å²) in [6, 6.07) is 7.27. The van der Waals surface area contributed by atoms with Crippen molar-refractivity contribution in [2.45, 2.75) is 12.7 Å². The second kappa shape index (κ2) is 8.57. The summed E-state index contributed by atoms with van der Waals surface area (Å²) in [5.74, 6) is 0.127. The number of carbonyl (C=O) groups excluding carboxylic acids is 1. The van der Waals surface area contributed by atoms with Crippen molar-refractivity contribution in [1.82, 2.24) is 9.80 Å². The molecule has 4 nitrogen and oxygen atoms in total. The van der Waals surface area contributed by atoms with Gasteiger partial charge in [-0.05, 0) is 17.7 Å². The minimum atomic E-state index is -4.40. The molecular formula is C16H21F3N2O2. The van der Waals surface area contributed by atoms with E-state index in [1.165, 1.54) is 0 Å². The molecule has 0 atom stereocenters. The number of benzene rings is 1. The molecule has 1 amide bonds. The van der Waals surface area contributed by atoms with E-state index in [9.17, 15) is 18.0 Å². The molecule has 0 aliphatic carbocycles. The molecule has 0 heterocycles.